The number of nitrogens with zero attached hydrogens (tertiary/aromatic N) is 7. The van der Waals surface area contributed by atoms with Crippen LogP contribution in [0.4, 0.5) is 5.95 Å². The fraction of sp³-hybridized carbons (Fsp3) is 0.182. The number of hydrogen-bond acceptors (Lipinski definition) is 7. The first-order valence-corrected chi connectivity index (χ1v) is 9.94. The van der Waals surface area contributed by atoms with Crippen LogP contribution in [-0.4, -0.2) is 43.7 Å². The summed E-state index contributed by atoms with van der Waals surface area (Å²) in [5, 5.41) is 3.59. The van der Waals surface area contributed by atoms with Crippen molar-refractivity contribution in [1.82, 2.24) is 29.7 Å². The molecule has 2 aliphatic rings. The Morgan fingerprint density at radius 3 is 2.80 bits per heavy atom. The molecule has 0 saturated heterocycles. The molecule has 0 fully saturated rings. The number of nitrogens with one attached hydrogen (secondary N) is 1. The first kappa shape index (κ1) is 17.1. The number of fused-ring (bicyclic) bond motifs is 5. The Kier molecular flexibility index (Phi) is 3.95. The van der Waals surface area contributed by atoms with E-state index in [4.69, 9.17) is 9.98 Å². The van der Waals surface area contributed by atoms with Gasteiger partial charge in [-0.2, -0.15) is 0 Å². The fourth-order valence-electron chi connectivity index (χ4n) is 4.10. The maximum atomic E-state index is 4.96. The lowest BCUT2D eigenvalue weighted by molar-refractivity contribution is 0.263. The van der Waals surface area contributed by atoms with Gasteiger partial charge in [-0.15, -0.1) is 0 Å². The van der Waals surface area contributed by atoms with Crippen LogP contribution in [0.5, 0.6) is 0 Å². The van der Waals surface area contributed by atoms with Crippen LogP contribution in [0.2, 0.25) is 0 Å². The zero-order chi connectivity index (χ0) is 19.9. The Labute approximate surface area is 173 Å². The van der Waals surface area contributed by atoms with Crippen molar-refractivity contribution in [2.45, 2.75) is 12.7 Å². The summed E-state index contributed by atoms with van der Waals surface area (Å²) >= 11 is 0. The van der Waals surface area contributed by atoms with Crippen LogP contribution in [-0.2, 0) is 6.54 Å². The Hall–Kier alpha value is -3.78. The van der Waals surface area contributed by atoms with E-state index in [1.165, 1.54) is 5.56 Å². The molecule has 0 spiro atoms. The number of aromatic nitrogens is 4. The van der Waals surface area contributed by atoms with Gasteiger partial charge in [-0.1, -0.05) is 24.3 Å². The Morgan fingerprint density at radius 2 is 1.93 bits per heavy atom. The number of guanidine groups is 1. The van der Waals surface area contributed by atoms with Crippen molar-refractivity contribution >= 4 is 22.9 Å². The molecule has 0 amide bonds. The third-order valence-corrected chi connectivity index (χ3v) is 5.46. The van der Waals surface area contributed by atoms with Crippen LogP contribution in [0.1, 0.15) is 17.4 Å². The second-order valence-electron chi connectivity index (χ2n) is 7.45. The summed E-state index contributed by atoms with van der Waals surface area (Å²) in [7, 11) is 0. The van der Waals surface area contributed by atoms with Crippen molar-refractivity contribution < 1.29 is 0 Å². The van der Waals surface area contributed by atoms with Gasteiger partial charge in [-0.3, -0.25) is 24.3 Å². The van der Waals surface area contributed by atoms with E-state index < -0.39 is 0 Å². The lowest BCUT2D eigenvalue weighted by atomic mass is 10.2. The first-order chi connectivity index (χ1) is 14.9. The number of imidazole rings is 1. The molecule has 5 heterocycles. The molecule has 2 aliphatic heterocycles. The number of anilines is 1. The summed E-state index contributed by atoms with van der Waals surface area (Å²) in [6, 6.07) is 18.2. The molecule has 0 aliphatic carbocycles. The minimum absolute atomic E-state index is 0.159. The molecule has 6 rings (SSSR count). The SMILES string of the molecule is c1ccc([C@H]2NC3=NCN(Cc4cccnc4)CN3c3nc4ccccc4n32)nc1. The number of rotatable bonds is 3. The maximum absolute atomic E-state index is 4.96. The lowest BCUT2D eigenvalue weighted by Gasteiger charge is -2.41. The molecular formula is C22H20N8. The molecule has 4 aromatic rings. The molecule has 1 N–H and O–H groups in total. The van der Waals surface area contributed by atoms with Gasteiger partial charge in [-0.25, -0.2) is 9.98 Å². The average Bonchev–Trinajstić information content (AvgIpc) is 3.20. The second kappa shape index (κ2) is 6.93. The Bertz CT molecular complexity index is 1220. The largest absolute Gasteiger partial charge is 0.330 e. The van der Waals surface area contributed by atoms with Gasteiger partial charge >= 0.3 is 0 Å². The van der Waals surface area contributed by atoms with Crippen LogP contribution in [0.25, 0.3) is 11.0 Å². The van der Waals surface area contributed by atoms with Crippen LogP contribution >= 0.6 is 0 Å². The van der Waals surface area contributed by atoms with E-state index >= 15 is 0 Å². The van der Waals surface area contributed by atoms with Crippen molar-refractivity contribution in [3.8, 4) is 0 Å². The summed E-state index contributed by atoms with van der Waals surface area (Å²) < 4.78 is 2.21. The zero-order valence-electron chi connectivity index (χ0n) is 16.3. The van der Waals surface area contributed by atoms with Crippen LogP contribution < -0.4 is 10.2 Å². The van der Waals surface area contributed by atoms with Gasteiger partial charge in [0, 0.05) is 25.1 Å². The summed E-state index contributed by atoms with van der Waals surface area (Å²) in [5.74, 6) is 1.70. The molecule has 8 heteroatoms. The summed E-state index contributed by atoms with van der Waals surface area (Å²) in [4.78, 5) is 23.0. The average molecular weight is 396 g/mol. The molecule has 0 unspecified atom stereocenters. The van der Waals surface area contributed by atoms with Crippen molar-refractivity contribution in [2.24, 2.45) is 4.99 Å². The van der Waals surface area contributed by atoms with Crippen molar-refractivity contribution in [3.05, 3.63) is 84.4 Å². The fourth-order valence-corrected chi connectivity index (χ4v) is 4.10. The summed E-state index contributed by atoms with van der Waals surface area (Å²) in [5.41, 5.74) is 4.13. The van der Waals surface area contributed by atoms with Gasteiger partial charge in [0.25, 0.3) is 0 Å². The predicted octanol–water partition coefficient (Wildman–Crippen LogP) is 2.57. The standard InChI is InChI=1S/C22H20N8/c1-2-9-19-17(7-1)26-22-29-15-28(13-16-6-5-10-23-12-16)14-25-21(29)27-20(30(19)22)18-8-3-4-11-24-18/h1-12,20H,13-15H2,(H,25,27)/t20-/m0/s1. The zero-order valence-corrected chi connectivity index (χ0v) is 16.3. The molecule has 148 valence electrons. The minimum atomic E-state index is -0.159. The van der Waals surface area contributed by atoms with Crippen molar-refractivity contribution in [1.29, 1.82) is 0 Å². The van der Waals surface area contributed by atoms with Crippen LogP contribution in [0.15, 0.2) is 78.2 Å². The van der Waals surface area contributed by atoms with E-state index in [9.17, 15) is 0 Å². The molecule has 1 aromatic carbocycles. The smallest absolute Gasteiger partial charge is 0.216 e. The molecule has 0 saturated carbocycles. The Balaban J connectivity index is 1.42. The van der Waals surface area contributed by atoms with Gasteiger partial charge in [0.1, 0.15) is 0 Å². The van der Waals surface area contributed by atoms with E-state index in [0.717, 1.165) is 35.2 Å². The molecule has 0 bridgehead atoms. The van der Waals surface area contributed by atoms with Crippen LogP contribution in [0.3, 0.4) is 0 Å². The third-order valence-electron chi connectivity index (χ3n) is 5.46. The topological polar surface area (TPSA) is 74.5 Å². The van der Waals surface area contributed by atoms with Crippen molar-refractivity contribution in [2.75, 3.05) is 18.2 Å². The predicted molar refractivity (Wildman–Crippen MR) is 115 cm³/mol. The number of benzene rings is 1. The number of pyridine rings is 2. The van der Waals surface area contributed by atoms with E-state index in [2.05, 4.69) is 41.8 Å². The highest BCUT2D eigenvalue weighted by Gasteiger charge is 2.36. The molecular weight excluding hydrogens is 376 g/mol. The molecule has 1 atom stereocenters. The van der Waals surface area contributed by atoms with Gasteiger partial charge in [-0.05, 0) is 35.9 Å². The highest BCUT2D eigenvalue weighted by molar-refractivity contribution is 5.98. The normalized spacial score (nSPS) is 18.5. The second-order valence-corrected chi connectivity index (χ2v) is 7.45. The minimum Gasteiger partial charge on any atom is -0.330 e. The maximum Gasteiger partial charge on any atom is 0.216 e. The van der Waals surface area contributed by atoms with E-state index in [1.54, 1.807) is 6.20 Å². The monoisotopic (exact) mass is 396 g/mol. The van der Waals surface area contributed by atoms with E-state index in [-0.39, 0.29) is 6.17 Å². The lowest BCUT2D eigenvalue weighted by Crippen LogP contribution is -2.57. The molecule has 3 aromatic heterocycles. The quantitative estimate of drug-likeness (QED) is 0.574. The third kappa shape index (κ3) is 2.81. The number of para-hydroxylation sites is 2. The molecule has 0 radical (unpaired) electrons. The summed E-state index contributed by atoms with van der Waals surface area (Å²) in [6.45, 7) is 2.09. The Morgan fingerprint density at radius 1 is 1.00 bits per heavy atom. The molecule has 8 nitrogen and oxygen atoms in total. The van der Waals surface area contributed by atoms with Gasteiger partial charge in [0.05, 0.1) is 30.1 Å². The highest BCUT2D eigenvalue weighted by Crippen LogP contribution is 2.33. The van der Waals surface area contributed by atoms with Gasteiger partial charge in [0.15, 0.2) is 6.17 Å². The highest BCUT2D eigenvalue weighted by atomic mass is 15.5. The first-order valence-electron chi connectivity index (χ1n) is 9.94. The molecule has 30 heavy (non-hydrogen) atoms. The van der Waals surface area contributed by atoms with Crippen molar-refractivity contribution in [3.63, 3.8) is 0 Å². The number of hydrogen-bond donors (Lipinski definition) is 1. The summed E-state index contributed by atoms with van der Waals surface area (Å²) in [6.07, 6.45) is 5.36. The number of aliphatic imine (C=N–C) groups is 1. The van der Waals surface area contributed by atoms with Crippen LogP contribution in [0, 0.1) is 0 Å². The van der Waals surface area contributed by atoms with Gasteiger partial charge in [0.2, 0.25) is 11.9 Å². The van der Waals surface area contributed by atoms with E-state index in [0.29, 0.717) is 13.3 Å². The van der Waals surface area contributed by atoms with E-state index in [1.807, 2.05) is 54.9 Å². The van der Waals surface area contributed by atoms with Gasteiger partial charge < -0.3 is 5.32 Å².